The molecule has 0 aliphatic carbocycles. The molecule has 16 rings (SSSR count). The van der Waals surface area contributed by atoms with Gasteiger partial charge in [-0.2, -0.15) is 10.2 Å². The number of phenolic OH excluding ortho intramolecular Hbond substituents is 1. The molecule has 0 saturated carbocycles. The number of hydrogen-bond acceptors (Lipinski definition) is 11. The molecule has 0 amide bonds. The number of H-pyrrole nitrogens is 5. The third kappa shape index (κ3) is 22.7. The first-order valence-electron chi connectivity index (χ1n) is 38.5. The molecule has 6 N–H and O–H groups in total. The lowest BCUT2D eigenvalue weighted by Crippen LogP contribution is -2.15. The highest BCUT2D eigenvalue weighted by atomic mass is 35.5. The third-order valence-corrected chi connectivity index (χ3v) is 20.1. The molecular weight excluding hydrogens is 1460 g/mol. The highest BCUT2D eigenvalue weighted by Crippen LogP contribution is 2.30. The van der Waals surface area contributed by atoms with Crippen LogP contribution in [0.2, 0.25) is 10.0 Å². The van der Waals surface area contributed by atoms with Crippen molar-refractivity contribution in [2.45, 2.75) is 158 Å². The Bertz CT molecular complexity index is 6310. The largest absolute Gasteiger partial charge is 0.506 e. The Morgan fingerprint density at radius 2 is 0.860 bits per heavy atom. The molecule has 0 unspecified atom stereocenters. The van der Waals surface area contributed by atoms with E-state index in [2.05, 4.69) is 184 Å². The summed E-state index contributed by atoms with van der Waals surface area (Å²) in [4.78, 5) is 91.6. The van der Waals surface area contributed by atoms with Crippen molar-refractivity contribution in [1.29, 1.82) is 0 Å². The summed E-state index contributed by atoms with van der Waals surface area (Å²) in [5.74, 6) is 4.56. The molecule has 0 bridgehead atoms. The number of nitrogens with one attached hydrogen (secondary N) is 5. The second kappa shape index (κ2) is 39.5. The fourth-order valence-corrected chi connectivity index (χ4v) is 12.7. The van der Waals surface area contributed by atoms with Crippen LogP contribution in [0.4, 0.5) is 0 Å². The zero-order chi connectivity index (χ0) is 82.8. The number of benzene rings is 8. The number of phenols is 1. The highest BCUT2D eigenvalue weighted by molar-refractivity contribution is 6.35. The molecule has 17 nitrogen and oxygen atoms in total. The Morgan fingerprint density at radius 1 is 0.368 bits per heavy atom. The van der Waals surface area contributed by atoms with Crippen LogP contribution in [-0.2, 0) is 7.05 Å². The second-order valence-corrected chi connectivity index (χ2v) is 31.5. The van der Waals surface area contributed by atoms with E-state index in [1.807, 2.05) is 129 Å². The third-order valence-electron chi connectivity index (χ3n) is 19.5. The average Bonchev–Trinajstić information content (AvgIpc) is 1.04. The summed E-state index contributed by atoms with van der Waals surface area (Å²) in [6, 6.07) is 57.9. The number of hydrogen-bond donors (Lipinski definition) is 6. The predicted molar refractivity (Wildman–Crippen MR) is 476 cm³/mol. The lowest BCUT2D eigenvalue weighted by Gasteiger charge is -2.08. The maximum absolute atomic E-state index is 11.8. The summed E-state index contributed by atoms with van der Waals surface area (Å²) < 4.78 is 1.61. The number of nitrogens with zero attached hydrogens (tertiary/aromatic N) is 5. The normalized spacial score (nSPS) is 11.1. The summed E-state index contributed by atoms with van der Waals surface area (Å²) in [5, 5.41) is 27.8. The number of rotatable bonds is 8. The lowest BCUT2D eigenvalue weighted by atomic mass is 10.0. The van der Waals surface area contributed by atoms with Crippen molar-refractivity contribution >= 4 is 110 Å². The Balaban J connectivity index is 0.000000149. The fourth-order valence-electron chi connectivity index (χ4n) is 12.3. The first-order chi connectivity index (χ1) is 54.2. The number of aromatic nitrogens is 10. The van der Waals surface area contributed by atoms with Crippen molar-refractivity contribution in [3.8, 4) is 5.75 Å². The van der Waals surface area contributed by atoms with Gasteiger partial charge in [0.15, 0.2) is 10.9 Å². The highest BCUT2D eigenvalue weighted by Gasteiger charge is 2.12. The van der Waals surface area contributed by atoms with Gasteiger partial charge in [0.05, 0.1) is 32.7 Å². The molecule has 8 aromatic carbocycles. The Hall–Kier alpha value is -11.9. The average molecular weight is 1570 g/mol. The minimum absolute atomic E-state index is 0.0159. The van der Waals surface area contributed by atoms with E-state index >= 15 is 0 Å². The van der Waals surface area contributed by atoms with Gasteiger partial charge >= 0.3 is 0 Å². The Morgan fingerprint density at radius 3 is 1.47 bits per heavy atom. The summed E-state index contributed by atoms with van der Waals surface area (Å²) in [6.45, 7) is 34.1. The van der Waals surface area contributed by atoms with Crippen LogP contribution in [0.15, 0.2) is 254 Å². The lowest BCUT2D eigenvalue weighted by molar-refractivity contribution is 0.476. The van der Waals surface area contributed by atoms with Gasteiger partial charge in [0, 0.05) is 117 Å². The first kappa shape index (κ1) is 86.1. The summed E-state index contributed by atoms with van der Waals surface area (Å²) in [5.41, 5.74) is 13.3. The second-order valence-electron chi connectivity index (χ2n) is 30.6. The van der Waals surface area contributed by atoms with Gasteiger partial charge in [-0.1, -0.05) is 189 Å². The van der Waals surface area contributed by atoms with Gasteiger partial charge in [0.1, 0.15) is 11.6 Å². The van der Waals surface area contributed by atoms with Crippen molar-refractivity contribution in [3.63, 3.8) is 0 Å². The first-order valence-corrected chi connectivity index (χ1v) is 39.2. The van der Waals surface area contributed by atoms with Crippen LogP contribution in [0.1, 0.15) is 203 Å². The van der Waals surface area contributed by atoms with E-state index < -0.39 is 0 Å². The molecule has 0 atom stereocenters. The van der Waals surface area contributed by atoms with E-state index in [0.29, 0.717) is 56.9 Å². The van der Waals surface area contributed by atoms with Gasteiger partial charge < -0.3 is 34.6 Å². The monoisotopic (exact) mass is 1560 g/mol. The Labute approximate surface area is 673 Å². The van der Waals surface area contributed by atoms with Crippen LogP contribution in [-0.4, -0.2) is 54.8 Å². The SMILES string of the molecule is CC(C)c1cc(Cl)c2c(=O)[nH]ccc2c1.CC(C)c1ccc2[nH]c(=O)ccc2c1.CC(C)c1ccc2[nH]ccc(=O)c2c1.CC(C)c1ccc2c(=O)[nH]ccc2c1.CC(C)c1ccc2c(=O)cc[nH]c2c1.CC(C)c1ccc2c(=O)n(C)ccc2c1.CC(C)c1ccc2nnccc2c1.CC(C)c1ncc2cc(O)c(Cl)cc2n1. The van der Waals surface area contributed by atoms with E-state index in [1.54, 1.807) is 79.1 Å². The number of aromatic amines is 5. The zero-order valence-electron chi connectivity index (χ0n) is 67.9. The van der Waals surface area contributed by atoms with E-state index in [0.717, 1.165) is 87.4 Å². The zero-order valence-corrected chi connectivity index (χ0v) is 69.4. The maximum atomic E-state index is 11.8. The number of halogens is 2. The van der Waals surface area contributed by atoms with Gasteiger partial charge in [-0.05, 0) is 211 Å². The van der Waals surface area contributed by atoms with E-state index in [1.165, 1.54) is 38.8 Å². The minimum Gasteiger partial charge on any atom is -0.506 e. The molecule has 8 heterocycles. The molecule has 8 aromatic heterocycles. The maximum Gasteiger partial charge on any atom is 0.258 e. The van der Waals surface area contributed by atoms with E-state index in [4.69, 9.17) is 23.2 Å². The van der Waals surface area contributed by atoms with Crippen LogP contribution in [0.3, 0.4) is 0 Å². The molecule has 114 heavy (non-hydrogen) atoms. The predicted octanol–water partition coefficient (Wildman–Crippen LogP) is 22.4. The fraction of sp³-hybridized carbons (Fsp3) is 0.263. The molecule has 588 valence electrons. The molecular formula is C95H102Cl2N10O7. The molecule has 0 aliphatic heterocycles. The number of aromatic hydroxyl groups is 1. The van der Waals surface area contributed by atoms with Crippen molar-refractivity contribution < 1.29 is 5.11 Å². The van der Waals surface area contributed by atoms with Crippen LogP contribution < -0.4 is 33.1 Å². The van der Waals surface area contributed by atoms with Crippen LogP contribution >= 0.6 is 23.2 Å². The number of aryl methyl sites for hydroxylation is 1. The number of fused-ring (bicyclic) bond motifs is 8. The van der Waals surface area contributed by atoms with Gasteiger partial charge in [-0.15, -0.1) is 0 Å². The van der Waals surface area contributed by atoms with Gasteiger partial charge in [0.25, 0.3) is 16.7 Å². The van der Waals surface area contributed by atoms with Gasteiger partial charge in [-0.25, -0.2) is 9.97 Å². The molecule has 0 radical (unpaired) electrons. The van der Waals surface area contributed by atoms with Crippen molar-refractivity contribution in [2.75, 3.05) is 0 Å². The van der Waals surface area contributed by atoms with E-state index in [-0.39, 0.29) is 44.8 Å². The van der Waals surface area contributed by atoms with Gasteiger partial charge in [-0.3, -0.25) is 28.8 Å². The Kier molecular flexibility index (Phi) is 29.8. The van der Waals surface area contributed by atoms with Crippen molar-refractivity contribution in [3.05, 3.63) is 342 Å². The van der Waals surface area contributed by atoms with Crippen LogP contribution in [0.5, 0.6) is 5.75 Å². The molecule has 0 aliphatic rings. The summed E-state index contributed by atoms with van der Waals surface area (Å²) in [6.07, 6.45) is 11.9. The van der Waals surface area contributed by atoms with E-state index in [9.17, 15) is 33.9 Å². The summed E-state index contributed by atoms with van der Waals surface area (Å²) in [7, 11) is 1.78. The minimum atomic E-state index is -0.132. The quantitative estimate of drug-likeness (QED) is 0.0833. The van der Waals surface area contributed by atoms with Gasteiger partial charge in [0.2, 0.25) is 5.56 Å². The van der Waals surface area contributed by atoms with Crippen molar-refractivity contribution in [2.24, 2.45) is 7.05 Å². The molecule has 0 spiro atoms. The topological polar surface area (TPSA) is 258 Å². The molecule has 16 aromatic rings. The molecule has 0 fully saturated rings. The standard InChI is InChI=1S/C13H15NO.C12H12ClNO.4C12H13NO.C11H11ClN2O.C11H12N2/c1-9(2)10-4-5-12-11(8-10)6-7-14(3)13(12)15;1-7(2)9-5-8-3-4-14-12(15)11(8)10(13)6-9;1-8(2)9-3-5-11-10(7-9)4-6-12(14)13-11;1-8(2)9-3-4-11-10(7-9)12(14)5-6-13-11;1-8(2)9-3-4-11-10(7-9)5-6-13-12(11)14;1-8(2)9-3-4-10-11(7-9)13-6-5-12(10)14;1-6(2)11-13-5-7-3-10(15)8(12)4-9(7)14-11;1-8(2)9-3-4-11-10(7-9)5-6-12-13-11/h4-9H,1-3H3;3-7H,1-2H3,(H,14,15);4*3-8H,1-2H3,(H,13,14);3-6,15H,1-2H3;3-8H,1-2H3. The van der Waals surface area contributed by atoms with Crippen LogP contribution in [0.25, 0.3) is 86.8 Å². The molecule has 19 heteroatoms. The molecule has 0 saturated heterocycles. The van der Waals surface area contributed by atoms with Crippen LogP contribution in [0, 0.1) is 0 Å². The number of pyridine rings is 6. The summed E-state index contributed by atoms with van der Waals surface area (Å²) >= 11 is 11.9. The van der Waals surface area contributed by atoms with Crippen molar-refractivity contribution in [1.82, 2.24) is 49.7 Å². The smallest absolute Gasteiger partial charge is 0.258 e.